The lowest BCUT2D eigenvalue weighted by Gasteiger charge is -2.25. The molecule has 0 spiro atoms. The number of nitrogens with one attached hydrogen (secondary N) is 1. The molecule has 0 aliphatic heterocycles. The zero-order valence-electron chi connectivity index (χ0n) is 10.6. The summed E-state index contributed by atoms with van der Waals surface area (Å²) >= 11 is 0. The Balaban J connectivity index is 1.71. The van der Waals surface area contributed by atoms with Gasteiger partial charge in [-0.2, -0.15) is 0 Å². The van der Waals surface area contributed by atoms with Gasteiger partial charge in [0.2, 0.25) is 0 Å². The maximum absolute atomic E-state index is 9.42. The average molecular weight is 254 g/mol. The molecule has 1 aliphatic carbocycles. The highest BCUT2D eigenvalue weighted by atomic mass is 16.3. The Kier molecular flexibility index (Phi) is 5.10. The summed E-state index contributed by atoms with van der Waals surface area (Å²) in [5.74, 6) is 0. The summed E-state index contributed by atoms with van der Waals surface area (Å²) in [5.41, 5.74) is 0.930. The van der Waals surface area contributed by atoms with Gasteiger partial charge in [0, 0.05) is 31.9 Å². The molecule has 1 fully saturated rings. The summed E-state index contributed by atoms with van der Waals surface area (Å²) in [7, 11) is 0. The van der Waals surface area contributed by atoms with E-state index in [0.717, 1.165) is 37.9 Å². The van der Waals surface area contributed by atoms with Crippen LogP contribution in [0.4, 0.5) is 0 Å². The number of aliphatic hydroxyl groups excluding tert-OH is 2. The van der Waals surface area contributed by atoms with Crippen molar-refractivity contribution in [2.24, 2.45) is 0 Å². The Bertz CT molecular complexity index is 348. The van der Waals surface area contributed by atoms with Crippen molar-refractivity contribution in [2.45, 2.75) is 57.3 Å². The second-order valence-corrected chi connectivity index (χ2v) is 4.94. The molecule has 0 saturated heterocycles. The van der Waals surface area contributed by atoms with Crippen LogP contribution in [0.3, 0.4) is 0 Å². The van der Waals surface area contributed by atoms with Gasteiger partial charge in [-0.1, -0.05) is 5.21 Å². The van der Waals surface area contributed by atoms with E-state index in [1.54, 1.807) is 4.68 Å². The van der Waals surface area contributed by atoms with E-state index in [2.05, 4.69) is 15.6 Å². The Morgan fingerprint density at radius 1 is 1.33 bits per heavy atom. The number of nitrogens with zero attached hydrogens (tertiary/aromatic N) is 3. The molecule has 1 saturated carbocycles. The van der Waals surface area contributed by atoms with E-state index in [4.69, 9.17) is 5.11 Å². The first-order chi connectivity index (χ1) is 8.78. The van der Waals surface area contributed by atoms with Gasteiger partial charge < -0.3 is 15.5 Å². The number of rotatable bonds is 6. The molecule has 102 valence electrons. The van der Waals surface area contributed by atoms with E-state index in [1.165, 1.54) is 0 Å². The Morgan fingerprint density at radius 3 is 2.83 bits per heavy atom. The van der Waals surface area contributed by atoms with Crippen LogP contribution < -0.4 is 5.32 Å². The summed E-state index contributed by atoms with van der Waals surface area (Å²) in [4.78, 5) is 0. The van der Waals surface area contributed by atoms with E-state index < -0.39 is 0 Å². The SMILES string of the molecule is OCCCn1cc(CNC2CCC(O)CC2)nn1. The third kappa shape index (κ3) is 4.04. The monoisotopic (exact) mass is 254 g/mol. The molecule has 6 heteroatoms. The van der Waals surface area contributed by atoms with E-state index in [9.17, 15) is 5.11 Å². The molecule has 0 atom stereocenters. The fourth-order valence-electron chi connectivity index (χ4n) is 2.29. The number of hydrogen-bond donors (Lipinski definition) is 3. The van der Waals surface area contributed by atoms with Crippen molar-refractivity contribution in [1.29, 1.82) is 0 Å². The molecule has 0 unspecified atom stereocenters. The largest absolute Gasteiger partial charge is 0.396 e. The highest BCUT2D eigenvalue weighted by molar-refractivity contribution is 4.92. The normalized spacial score (nSPS) is 24.3. The predicted octanol–water partition coefficient (Wildman–Crippen LogP) is 0.0536. The number of aliphatic hydroxyl groups is 2. The Hall–Kier alpha value is -0.980. The summed E-state index contributed by atoms with van der Waals surface area (Å²) in [5, 5.41) is 29.7. The average Bonchev–Trinajstić information content (AvgIpc) is 2.84. The molecule has 0 aromatic carbocycles. The zero-order chi connectivity index (χ0) is 12.8. The van der Waals surface area contributed by atoms with Crippen LogP contribution in [0.5, 0.6) is 0 Å². The molecule has 0 radical (unpaired) electrons. The molecule has 1 aromatic heterocycles. The van der Waals surface area contributed by atoms with Crippen molar-refractivity contribution in [3.05, 3.63) is 11.9 Å². The van der Waals surface area contributed by atoms with Crippen molar-refractivity contribution in [3.63, 3.8) is 0 Å². The molecule has 1 aromatic rings. The van der Waals surface area contributed by atoms with E-state index in [-0.39, 0.29) is 12.7 Å². The summed E-state index contributed by atoms with van der Waals surface area (Å²) < 4.78 is 1.76. The van der Waals surface area contributed by atoms with Crippen molar-refractivity contribution in [1.82, 2.24) is 20.3 Å². The Labute approximate surface area is 107 Å². The molecule has 6 nitrogen and oxygen atoms in total. The first-order valence-corrected chi connectivity index (χ1v) is 6.69. The maximum atomic E-state index is 9.42. The summed E-state index contributed by atoms with van der Waals surface area (Å²) in [6.07, 6.45) is 6.35. The van der Waals surface area contributed by atoms with Gasteiger partial charge in [-0.25, -0.2) is 0 Å². The van der Waals surface area contributed by atoms with E-state index in [1.807, 2.05) is 6.20 Å². The fourth-order valence-corrected chi connectivity index (χ4v) is 2.29. The van der Waals surface area contributed by atoms with Gasteiger partial charge in [0.15, 0.2) is 0 Å². The van der Waals surface area contributed by atoms with Gasteiger partial charge in [0.1, 0.15) is 0 Å². The standard InChI is InChI=1S/C12H22N4O2/c17-7-1-6-16-9-11(14-15-16)8-13-10-2-4-12(18)5-3-10/h9-10,12-13,17-18H,1-8H2. The van der Waals surface area contributed by atoms with Gasteiger partial charge in [0.05, 0.1) is 11.8 Å². The zero-order valence-corrected chi connectivity index (χ0v) is 10.6. The van der Waals surface area contributed by atoms with Crippen LogP contribution in [0.1, 0.15) is 37.8 Å². The van der Waals surface area contributed by atoms with E-state index in [0.29, 0.717) is 19.0 Å². The first-order valence-electron chi connectivity index (χ1n) is 6.69. The van der Waals surface area contributed by atoms with Crippen LogP contribution in [0, 0.1) is 0 Å². The number of aromatic nitrogens is 3. The lowest BCUT2D eigenvalue weighted by Crippen LogP contribution is -2.34. The van der Waals surface area contributed by atoms with Crippen LogP contribution in [-0.4, -0.2) is 44.0 Å². The third-order valence-corrected chi connectivity index (χ3v) is 3.40. The van der Waals surface area contributed by atoms with Crippen LogP contribution in [0.2, 0.25) is 0 Å². The predicted molar refractivity (Wildman–Crippen MR) is 66.8 cm³/mol. The lowest BCUT2D eigenvalue weighted by molar-refractivity contribution is 0.116. The topological polar surface area (TPSA) is 83.2 Å². The van der Waals surface area contributed by atoms with Gasteiger partial charge in [0.25, 0.3) is 0 Å². The minimum absolute atomic E-state index is 0.109. The molecular formula is C12H22N4O2. The smallest absolute Gasteiger partial charge is 0.0964 e. The minimum Gasteiger partial charge on any atom is -0.396 e. The maximum Gasteiger partial charge on any atom is 0.0964 e. The lowest BCUT2D eigenvalue weighted by atomic mass is 9.93. The van der Waals surface area contributed by atoms with Gasteiger partial charge in [-0.15, -0.1) is 5.10 Å². The van der Waals surface area contributed by atoms with Gasteiger partial charge >= 0.3 is 0 Å². The first kappa shape index (κ1) is 13.5. The highest BCUT2D eigenvalue weighted by Gasteiger charge is 2.18. The summed E-state index contributed by atoms with van der Waals surface area (Å²) in [6.45, 7) is 1.61. The highest BCUT2D eigenvalue weighted by Crippen LogP contribution is 2.18. The number of aryl methyl sites for hydroxylation is 1. The molecule has 0 bridgehead atoms. The quantitative estimate of drug-likeness (QED) is 0.668. The van der Waals surface area contributed by atoms with Crippen molar-refractivity contribution in [3.8, 4) is 0 Å². The molecule has 2 rings (SSSR count). The van der Waals surface area contributed by atoms with Gasteiger partial charge in [-0.3, -0.25) is 4.68 Å². The van der Waals surface area contributed by atoms with E-state index >= 15 is 0 Å². The van der Waals surface area contributed by atoms with Crippen LogP contribution >= 0.6 is 0 Å². The van der Waals surface area contributed by atoms with Gasteiger partial charge in [-0.05, 0) is 32.1 Å². The molecule has 3 N–H and O–H groups in total. The van der Waals surface area contributed by atoms with Crippen LogP contribution in [0.25, 0.3) is 0 Å². The molecular weight excluding hydrogens is 232 g/mol. The van der Waals surface area contributed by atoms with Crippen molar-refractivity contribution < 1.29 is 10.2 Å². The van der Waals surface area contributed by atoms with Crippen molar-refractivity contribution in [2.75, 3.05) is 6.61 Å². The molecule has 1 aliphatic rings. The molecule has 0 amide bonds. The minimum atomic E-state index is -0.109. The molecule has 18 heavy (non-hydrogen) atoms. The fraction of sp³-hybridized carbons (Fsp3) is 0.833. The van der Waals surface area contributed by atoms with Crippen LogP contribution in [-0.2, 0) is 13.1 Å². The molecule has 1 heterocycles. The second-order valence-electron chi connectivity index (χ2n) is 4.94. The van der Waals surface area contributed by atoms with Crippen molar-refractivity contribution >= 4 is 0 Å². The Morgan fingerprint density at radius 2 is 2.11 bits per heavy atom. The number of hydrogen-bond acceptors (Lipinski definition) is 5. The third-order valence-electron chi connectivity index (χ3n) is 3.40. The van der Waals surface area contributed by atoms with Crippen LogP contribution in [0.15, 0.2) is 6.20 Å². The second kappa shape index (κ2) is 6.82. The summed E-state index contributed by atoms with van der Waals surface area (Å²) in [6, 6.07) is 0.482.